The van der Waals surface area contributed by atoms with Crippen LogP contribution in [-0.2, 0) is 35.5 Å². The van der Waals surface area contributed by atoms with Gasteiger partial charge in [-0.1, -0.05) is 46.6 Å². The molecule has 1 saturated heterocycles. The molecule has 5 aliphatic rings. The second kappa shape index (κ2) is 23.1. The average molecular weight is 996 g/mol. The minimum atomic E-state index is -1.06. The van der Waals surface area contributed by atoms with Gasteiger partial charge in [0.1, 0.15) is 34.2 Å². The first-order valence-corrected chi connectivity index (χ1v) is 25.9. The van der Waals surface area contributed by atoms with Gasteiger partial charge in [-0.15, -0.1) is 0 Å². The van der Waals surface area contributed by atoms with Gasteiger partial charge in [-0.25, -0.2) is 4.79 Å². The minimum absolute atomic E-state index is 0.00944. The first-order valence-electron chi connectivity index (χ1n) is 25.9. The molecule has 5 atom stereocenters. The van der Waals surface area contributed by atoms with Crippen molar-refractivity contribution in [3.63, 3.8) is 0 Å². The van der Waals surface area contributed by atoms with Gasteiger partial charge in [0, 0.05) is 61.2 Å². The molecule has 1 fully saturated rings. The Kier molecular flexibility index (Phi) is 17.3. The number of amides is 3. The summed E-state index contributed by atoms with van der Waals surface area (Å²) in [6.45, 7) is 17.6. The van der Waals surface area contributed by atoms with Gasteiger partial charge >= 0.3 is 6.09 Å². The van der Waals surface area contributed by atoms with Crippen molar-refractivity contribution in [2.75, 3.05) is 19.6 Å². The molecule has 0 saturated carbocycles. The molecule has 0 bridgehead atoms. The number of aromatic hydroxyl groups is 1. The van der Waals surface area contributed by atoms with Crippen molar-refractivity contribution in [3.8, 4) is 23.0 Å². The number of hydrogen-bond acceptors (Lipinski definition) is 12. The van der Waals surface area contributed by atoms with Crippen molar-refractivity contribution < 1.29 is 58.6 Å². The number of piperidine rings is 1. The maximum atomic E-state index is 14.5. The number of carbonyl (C=O) groups excluding carboxylic acids is 4. The van der Waals surface area contributed by atoms with E-state index in [4.69, 9.17) is 18.9 Å². The molecule has 2 aromatic rings. The summed E-state index contributed by atoms with van der Waals surface area (Å²) in [6.07, 6.45) is 12.4. The molecule has 4 N–H and O–H groups in total. The van der Waals surface area contributed by atoms with Crippen LogP contribution in [0.4, 0.5) is 4.79 Å². The van der Waals surface area contributed by atoms with Crippen LogP contribution < -0.4 is 14.2 Å². The summed E-state index contributed by atoms with van der Waals surface area (Å²) in [5.41, 5.74) is 5.68. The smallest absolute Gasteiger partial charge is 0.415 e. The summed E-state index contributed by atoms with van der Waals surface area (Å²) in [7, 11) is 0. The number of aliphatic hydroxyl groups is 3. The van der Waals surface area contributed by atoms with Gasteiger partial charge in [0.2, 0.25) is 0 Å². The van der Waals surface area contributed by atoms with Crippen LogP contribution in [0.25, 0.3) is 0 Å². The maximum absolute atomic E-state index is 14.5. The molecular formula is C57H77N3O12. The van der Waals surface area contributed by atoms with Crippen molar-refractivity contribution >= 4 is 24.4 Å². The van der Waals surface area contributed by atoms with Gasteiger partial charge < -0.3 is 49.2 Å². The molecule has 5 heterocycles. The van der Waals surface area contributed by atoms with Crippen LogP contribution >= 0.6 is 0 Å². The van der Waals surface area contributed by atoms with Crippen LogP contribution in [0.5, 0.6) is 23.0 Å². The molecule has 7 rings (SSSR count). The van der Waals surface area contributed by atoms with Gasteiger partial charge in [0.05, 0.1) is 42.5 Å². The van der Waals surface area contributed by atoms with Crippen LogP contribution in [0.3, 0.4) is 0 Å². The van der Waals surface area contributed by atoms with Crippen LogP contribution in [-0.4, -0.2) is 115 Å². The van der Waals surface area contributed by atoms with Gasteiger partial charge in [-0.3, -0.25) is 19.3 Å². The second-order valence-electron chi connectivity index (χ2n) is 21.6. The Hall–Kier alpha value is -5.64. The zero-order valence-corrected chi connectivity index (χ0v) is 43.7. The Bertz CT molecular complexity index is 2500. The summed E-state index contributed by atoms with van der Waals surface area (Å²) in [4.78, 5) is 58.7. The molecule has 15 heteroatoms. The third kappa shape index (κ3) is 12.2. The van der Waals surface area contributed by atoms with Crippen molar-refractivity contribution in [2.45, 2.75) is 194 Å². The molecular weight excluding hydrogens is 919 g/mol. The molecule has 0 spiro atoms. The second-order valence-corrected chi connectivity index (χ2v) is 21.6. The van der Waals surface area contributed by atoms with E-state index in [2.05, 4.69) is 65.8 Å². The number of carbonyl (C=O) groups is 4. The quantitative estimate of drug-likeness (QED) is 0.0726. The van der Waals surface area contributed by atoms with Crippen LogP contribution in [0.2, 0.25) is 0 Å². The first-order chi connectivity index (χ1) is 34.2. The number of likely N-dealkylation sites (tertiary alicyclic amines) is 1. The predicted octanol–water partition coefficient (Wildman–Crippen LogP) is 9.29. The molecule has 0 aliphatic carbocycles. The molecule has 0 aromatic heterocycles. The van der Waals surface area contributed by atoms with Crippen molar-refractivity contribution in [2.24, 2.45) is 0 Å². The summed E-state index contributed by atoms with van der Waals surface area (Å²) in [6, 6.07) is 2.96. The van der Waals surface area contributed by atoms with Crippen molar-refractivity contribution in [1.82, 2.24) is 14.7 Å². The van der Waals surface area contributed by atoms with Gasteiger partial charge in [0.25, 0.3) is 18.3 Å². The highest BCUT2D eigenvalue weighted by Crippen LogP contribution is 2.49. The van der Waals surface area contributed by atoms with E-state index in [0.29, 0.717) is 104 Å². The summed E-state index contributed by atoms with van der Waals surface area (Å²) >= 11 is 0. The monoisotopic (exact) mass is 996 g/mol. The van der Waals surface area contributed by atoms with Gasteiger partial charge in [-0.05, 0) is 138 Å². The Labute approximate surface area is 425 Å². The number of nitrogens with zero attached hydrogens (tertiary/aromatic N) is 3. The van der Waals surface area contributed by atoms with E-state index in [0.717, 1.165) is 25.7 Å². The third-order valence-corrected chi connectivity index (χ3v) is 15.3. The van der Waals surface area contributed by atoms with E-state index in [1.165, 1.54) is 44.2 Å². The summed E-state index contributed by atoms with van der Waals surface area (Å²) in [5, 5.41) is 44.2. The van der Waals surface area contributed by atoms with Crippen LogP contribution in [0.15, 0.2) is 58.7 Å². The predicted molar refractivity (Wildman–Crippen MR) is 273 cm³/mol. The topological polar surface area (TPSA) is 196 Å². The number of fused-ring (bicyclic) bond motifs is 6. The Morgan fingerprint density at radius 3 is 1.86 bits per heavy atom. The van der Waals surface area contributed by atoms with Gasteiger partial charge in [0.15, 0.2) is 6.23 Å². The molecule has 3 amide bonds. The standard InChI is InChI=1S/C57H77N3O12/c1-35(2)14-9-16-37(5)18-11-23-56(7)48(64)30-42-46(63)28-40-44(51(42)71-56)32-59(53(40)66)25-13-20-50(69-34-61)60-33-45-41(54(60)67)29-47(70-55(68)58-26-21-39(62)22-27-58)43-31-49(65)57(8,72-52(43)45)24-12-19-38(6)17-10-15-36(3)4/h14-15,18-19,28-29,34,39,48-50,62-65H,9-13,16-17,20-27,30-33H2,1-8H3/b37-18+,38-19+/t48-,49-,50+,56+,57+/m0/s1. The zero-order chi connectivity index (χ0) is 52.1. The van der Waals surface area contributed by atoms with E-state index >= 15 is 0 Å². The summed E-state index contributed by atoms with van der Waals surface area (Å²) in [5.74, 6) is 0.00397. The average Bonchev–Trinajstić information content (AvgIpc) is 3.81. The lowest BCUT2D eigenvalue weighted by atomic mass is 9.84. The number of hydrogen-bond donors (Lipinski definition) is 4. The normalized spacial score (nSPS) is 23.3. The molecule has 0 radical (unpaired) electrons. The zero-order valence-electron chi connectivity index (χ0n) is 43.7. The SMILES string of the molecule is CC(C)=CCC/C(C)=C/CC[C@@]1(C)Oc2c(c(O)cc3c2CN(CCC[C@@H](OC=O)N2Cc4c(cc(OC(=O)N5CCC(O)CC5)c5c4O[C@](C)(CC/C=C(\C)CCC=C(C)C)[C@@H](O)C5)C2=O)C3=O)C[C@@H]1O. The Balaban J connectivity index is 1.06. The molecule has 2 aromatic carbocycles. The number of ether oxygens (including phenoxy) is 4. The largest absolute Gasteiger partial charge is 0.508 e. The molecule has 72 heavy (non-hydrogen) atoms. The number of benzene rings is 2. The fraction of sp³-hybridized carbons (Fsp3) is 0.579. The minimum Gasteiger partial charge on any atom is -0.508 e. The first kappa shape index (κ1) is 54.1. The number of allylic oxidation sites excluding steroid dienone is 8. The van der Waals surface area contributed by atoms with Gasteiger partial charge in [-0.2, -0.15) is 0 Å². The lowest BCUT2D eigenvalue weighted by Gasteiger charge is -2.41. The van der Waals surface area contributed by atoms with Crippen molar-refractivity contribution in [3.05, 3.63) is 92.1 Å². The van der Waals surface area contributed by atoms with Crippen LogP contribution in [0.1, 0.15) is 175 Å². The number of rotatable bonds is 20. The Morgan fingerprint density at radius 2 is 1.29 bits per heavy atom. The van der Waals surface area contributed by atoms with E-state index < -0.39 is 47.7 Å². The Morgan fingerprint density at radius 1 is 0.750 bits per heavy atom. The fourth-order valence-corrected chi connectivity index (χ4v) is 10.6. The molecule has 0 unspecified atom stereocenters. The lowest BCUT2D eigenvalue weighted by molar-refractivity contribution is -0.141. The third-order valence-electron chi connectivity index (χ3n) is 15.3. The highest BCUT2D eigenvalue weighted by Gasteiger charge is 2.47. The highest BCUT2D eigenvalue weighted by molar-refractivity contribution is 6.01. The maximum Gasteiger partial charge on any atom is 0.415 e. The van der Waals surface area contributed by atoms with Crippen LogP contribution in [0, 0.1) is 0 Å². The number of phenols is 1. The molecule has 392 valence electrons. The van der Waals surface area contributed by atoms with E-state index in [-0.39, 0.29) is 61.9 Å². The van der Waals surface area contributed by atoms with E-state index in [1.807, 2.05) is 13.8 Å². The number of phenolic OH excluding ortho intramolecular Hbond substituents is 1. The lowest BCUT2D eigenvalue weighted by Crippen LogP contribution is -2.49. The summed E-state index contributed by atoms with van der Waals surface area (Å²) < 4.78 is 25.0. The van der Waals surface area contributed by atoms with E-state index in [1.54, 1.807) is 4.90 Å². The van der Waals surface area contributed by atoms with Crippen molar-refractivity contribution in [1.29, 1.82) is 0 Å². The highest BCUT2D eigenvalue weighted by atomic mass is 16.6. The van der Waals surface area contributed by atoms with E-state index in [9.17, 15) is 39.6 Å². The number of aliphatic hydroxyl groups excluding tert-OH is 3. The molecule has 15 nitrogen and oxygen atoms in total. The molecule has 5 aliphatic heterocycles. The fourth-order valence-electron chi connectivity index (χ4n) is 10.6.